The van der Waals surface area contributed by atoms with E-state index < -0.39 is 5.54 Å². The monoisotopic (exact) mass is 312 g/mol. The Morgan fingerprint density at radius 1 is 1.52 bits per heavy atom. The zero-order chi connectivity index (χ0) is 15.3. The van der Waals surface area contributed by atoms with Crippen molar-refractivity contribution in [1.29, 1.82) is 0 Å². The van der Waals surface area contributed by atoms with Gasteiger partial charge in [0.05, 0.1) is 18.7 Å². The summed E-state index contributed by atoms with van der Waals surface area (Å²) in [7, 11) is 0. The normalized spacial score (nSPS) is 16.9. The lowest BCUT2D eigenvalue weighted by Crippen LogP contribution is -2.54. The van der Waals surface area contributed by atoms with E-state index in [4.69, 9.17) is 16.3 Å². The van der Waals surface area contributed by atoms with Crippen LogP contribution in [-0.4, -0.2) is 36.4 Å². The predicted octanol–water partition coefficient (Wildman–Crippen LogP) is 2.18. The van der Waals surface area contributed by atoms with Crippen molar-refractivity contribution in [2.75, 3.05) is 19.8 Å². The average Bonchev–Trinajstić information content (AvgIpc) is 3.28. The van der Waals surface area contributed by atoms with Crippen molar-refractivity contribution in [2.45, 2.75) is 25.3 Å². The summed E-state index contributed by atoms with van der Waals surface area (Å²) in [4.78, 5) is 11.8. The average molecular weight is 313 g/mol. The SMILES string of the molecule is CC(CO)(NC(=O)NCCOc1cccc(Cl)c1)C1CC1. The number of carbonyl (C=O) groups excluding carboxylic acids is 1. The number of aliphatic hydroxyl groups excluding tert-OH is 1. The Morgan fingerprint density at radius 3 is 2.90 bits per heavy atom. The number of aliphatic hydroxyl groups is 1. The molecule has 1 saturated carbocycles. The second kappa shape index (κ2) is 7.00. The molecule has 1 aromatic carbocycles. The van der Waals surface area contributed by atoms with Gasteiger partial charge in [0.1, 0.15) is 12.4 Å². The number of hydrogen-bond acceptors (Lipinski definition) is 3. The maximum absolute atomic E-state index is 11.8. The van der Waals surface area contributed by atoms with Gasteiger partial charge in [0, 0.05) is 5.02 Å². The minimum absolute atomic E-state index is 0.0515. The number of nitrogens with one attached hydrogen (secondary N) is 2. The third kappa shape index (κ3) is 4.79. The van der Waals surface area contributed by atoms with E-state index in [9.17, 15) is 9.90 Å². The summed E-state index contributed by atoms with van der Waals surface area (Å²) in [5, 5.41) is 15.6. The topological polar surface area (TPSA) is 70.6 Å². The molecule has 0 heterocycles. The molecule has 1 unspecified atom stereocenters. The first kappa shape index (κ1) is 15.9. The van der Waals surface area contributed by atoms with Crippen molar-refractivity contribution < 1.29 is 14.6 Å². The van der Waals surface area contributed by atoms with E-state index in [1.807, 2.05) is 13.0 Å². The molecule has 0 aromatic heterocycles. The van der Waals surface area contributed by atoms with Gasteiger partial charge in [0.25, 0.3) is 0 Å². The van der Waals surface area contributed by atoms with Gasteiger partial charge in [-0.3, -0.25) is 0 Å². The summed E-state index contributed by atoms with van der Waals surface area (Å²) < 4.78 is 5.48. The Balaban J connectivity index is 1.67. The molecule has 3 N–H and O–H groups in total. The van der Waals surface area contributed by atoms with E-state index in [1.54, 1.807) is 18.2 Å². The van der Waals surface area contributed by atoms with Crippen molar-refractivity contribution in [3.05, 3.63) is 29.3 Å². The van der Waals surface area contributed by atoms with Gasteiger partial charge in [-0.2, -0.15) is 0 Å². The Kier molecular flexibility index (Phi) is 5.31. The van der Waals surface area contributed by atoms with Gasteiger partial charge in [-0.25, -0.2) is 4.79 Å². The van der Waals surface area contributed by atoms with Crippen LogP contribution in [0.2, 0.25) is 5.02 Å². The van der Waals surface area contributed by atoms with Crippen LogP contribution in [0.25, 0.3) is 0 Å². The fourth-order valence-electron chi connectivity index (χ4n) is 2.18. The molecule has 2 rings (SSSR count). The number of halogens is 1. The van der Waals surface area contributed by atoms with Gasteiger partial charge >= 0.3 is 6.03 Å². The molecule has 0 radical (unpaired) electrons. The smallest absolute Gasteiger partial charge is 0.315 e. The molecule has 116 valence electrons. The minimum Gasteiger partial charge on any atom is -0.492 e. The van der Waals surface area contributed by atoms with E-state index in [1.165, 1.54) is 0 Å². The molecular formula is C15H21ClN2O3. The Hall–Kier alpha value is -1.46. The van der Waals surface area contributed by atoms with Crippen molar-refractivity contribution in [1.82, 2.24) is 10.6 Å². The largest absolute Gasteiger partial charge is 0.492 e. The number of ether oxygens (including phenoxy) is 1. The van der Waals surface area contributed by atoms with Crippen LogP contribution in [-0.2, 0) is 0 Å². The molecule has 0 spiro atoms. The molecule has 1 aliphatic rings. The second-order valence-corrected chi connectivity index (χ2v) is 5.97. The zero-order valence-electron chi connectivity index (χ0n) is 12.1. The molecule has 1 atom stereocenters. The van der Waals surface area contributed by atoms with E-state index >= 15 is 0 Å². The third-order valence-electron chi connectivity index (χ3n) is 3.66. The van der Waals surface area contributed by atoms with E-state index in [0.717, 1.165) is 12.8 Å². The first-order valence-electron chi connectivity index (χ1n) is 7.09. The van der Waals surface area contributed by atoms with Crippen molar-refractivity contribution >= 4 is 17.6 Å². The highest BCUT2D eigenvalue weighted by Gasteiger charge is 2.42. The number of hydrogen-bond donors (Lipinski definition) is 3. The quantitative estimate of drug-likeness (QED) is 0.676. The van der Waals surface area contributed by atoms with Gasteiger partial charge in [0.2, 0.25) is 0 Å². The number of rotatable bonds is 7. The van der Waals surface area contributed by atoms with Crippen molar-refractivity contribution in [3.8, 4) is 5.75 Å². The molecule has 1 aliphatic carbocycles. The highest BCUT2D eigenvalue weighted by molar-refractivity contribution is 6.30. The van der Waals surface area contributed by atoms with Crippen LogP contribution < -0.4 is 15.4 Å². The van der Waals surface area contributed by atoms with Crippen LogP contribution in [0.1, 0.15) is 19.8 Å². The molecule has 0 aliphatic heterocycles. The molecule has 2 amide bonds. The standard InChI is InChI=1S/C15H21ClN2O3/c1-15(10-19,11-5-6-11)18-14(20)17-7-8-21-13-4-2-3-12(16)9-13/h2-4,9,11,19H,5-8,10H2,1H3,(H2,17,18,20). The van der Waals surface area contributed by atoms with Gasteiger partial charge in [-0.1, -0.05) is 17.7 Å². The van der Waals surface area contributed by atoms with E-state index in [0.29, 0.717) is 29.8 Å². The maximum atomic E-state index is 11.8. The van der Waals surface area contributed by atoms with Crippen LogP contribution in [0.5, 0.6) is 5.75 Å². The summed E-state index contributed by atoms with van der Waals surface area (Å²) in [6.45, 7) is 2.55. The number of benzene rings is 1. The van der Waals surface area contributed by atoms with Gasteiger partial charge in [-0.15, -0.1) is 0 Å². The van der Waals surface area contributed by atoms with E-state index in [-0.39, 0.29) is 12.6 Å². The van der Waals surface area contributed by atoms with Crippen LogP contribution in [0, 0.1) is 5.92 Å². The Morgan fingerprint density at radius 2 is 2.29 bits per heavy atom. The number of urea groups is 1. The number of amides is 2. The third-order valence-corrected chi connectivity index (χ3v) is 3.89. The lowest BCUT2D eigenvalue weighted by Gasteiger charge is -2.28. The van der Waals surface area contributed by atoms with Gasteiger partial charge in [-0.05, 0) is 43.9 Å². The summed E-state index contributed by atoms with van der Waals surface area (Å²) >= 11 is 5.85. The van der Waals surface area contributed by atoms with E-state index in [2.05, 4.69) is 10.6 Å². The summed E-state index contributed by atoms with van der Waals surface area (Å²) in [6, 6.07) is 6.82. The van der Waals surface area contributed by atoms with Crippen molar-refractivity contribution in [3.63, 3.8) is 0 Å². The first-order valence-corrected chi connectivity index (χ1v) is 7.46. The fraction of sp³-hybridized carbons (Fsp3) is 0.533. The van der Waals surface area contributed by atoms with Gasteiger partial charge in [0.15, 0.2) is 0 Å². The van der Waals surface area contributed by atoms with Gasteiger partial charge < -0.3 is 20.5 Å². The second-order valence-electron chi connectivity index (χ2n) is 5.54. The molecule has 0 saturated heterocycles. The molecule has 1 aromatic rings. The highest BCUT2D eigenvalue weighted by atomic mass is 35.5. The molecule has 1 fully saturated rings. The molecule has 21 heavy (non-hydrogen) atoms. The zero-order valence-corrected chi connectivity index (χ0v) is 12.8. The number of carbonyl (C=O) groups is 1. The van der Waals surface area contributed by atoms with Crippen LogP contribution in [0.3, 0.4) is 0 Å². The van der Waals surface area contributed by atoms with Crippen LogP contribution in [0.15, 0.2) is 24.3 Å². The van der Waals surface area contributed by atoms with Crippen molar-refractivity contribution in [2.24, 2.45) is 5.92 Å². The fourth-order valence-corrected chi connectivity index (χ4v) is 2.37. The molecule has 6 heteroatoms. The Bertz CT molecular complexity index is 494. The molecular weight excluding hydrogens is 292 g/mol. The summed E-state index contributed by atoms with van der Waals surface area (Å²) in [6.07, 6.45) is 2.10. The maximum Gasteiger partial charge on any atom is 0.315 e. The van der Waals surface area contributed by atoms with Crippen LogP contribution in [0.4, 0.5) is 4.79 Å². The molecule has 0 bridgehead atoms. The first-order chi connectivity index (χ1) is 10.0. The minimum atomic E-state index is -0.530. The summed E-state index contributed by atoms with van der Waals surface area (Å²) in [5.74, 6) is 1.04. The lowest BCUT2D eigenvalue weighted by molar-refractivity contribution is 0.154. The molecule has 5 nitrogen and oxygen atoms in total. The predicted molar refractivity (Wildman–Crippen MR) is 81.7 cm³/mol. The van der Waals surface area contributed by atoms with Crippen LogP contribution >= 0.6 is 11.6 Å². The lowest BCUT2D eigenvalue weighted by atomic mass is 9.97. The summed E-state index contributed by atoms with van der Waals surface area (Å²) in [5.41, 5.74) is -0.530. The highest BCUT2D eigenvalue weighted by Crippen LogP contribution is 2.39. The Labute approximate surface area is 129 Å².